The van der Waals surface area contributed by atoms with Gasteiger partial charge >= 0.3 is 5.97 Å². The van der Waals surface area contributed by atoms with E-state index in [1.165, 1.54) is 57.1 Å². The molecule has 0 saturated carbocycles. The zero-order valence-electron chi connectivity index (χ0n) is 14.7. The molecule has 0 heterocycles. The standard InChI is InChI=1S/C20H30O4/c1-2-3-4-5-6-7-8-9-10-13-16-24-20(23)18-15-12-11-14-17(18)19(21)22/h11-12,14-15H,2-10,13,16H2,1H3,(H,21,22)/p-1. The lowest BCUT2D eigenvalue weighted by Gasteiger charge is -2.10. The number of hydrogen-bond acceptors (Lipinski definition) is 4. The Labute approximate surface area is 145 Å². The van der Waals surface area contributed by atoms with Crippen LogP contribution in [0.2, 0.25) is 0 Å². The van der Waals surface area contributed by atoms with E-state index in [1.54, 1.807) is 12.1 Å². The van der Waals surface area contributed by atoms with Crippen molar-refractivity contribution in [2.24, 2.45) is 0 Å². The summed E-state index contributed by atoms with van der Waals surface area (Å²) in [6, 6.07) is 5.98. The normalized spacial score (nSPS) is 10.5. The highest BCUT2D eigenvalue weighted by molar-refractivity contribution is 6.01. The second-order valence-electron chi connectivity index (χ2n) is 6.15. The Bertz CT molecular complexity index is 496. The summed E-state index contributed by atoms with van der Waals surface area (Å²) in [5.41, 5.74) is -0.0600. The molecule has 0 aliphatic rings. The number of aromatic carboxylic acids is 1. The summed E-state index contributed by atoms with van der Waals surface area (Å²) in [6.45, 7) is 2.56. The molecule has 0 spiro atoms. The Morgan fingerprint density at radius 3 is 1.88 bits per heavy atom. The van der Waals surface area contributed by atoms with Gasteiger partial charge in [-0.1, -0.05) is 82.9 Å². The molecule has 24 heavy (non-hydrogen) atoms. The minimum atomic E-state index is -1.36. The van der Waals surface area contributed by atoms with E-state index in [0.717, 1.165) is 19.3 Å². The number of carbonyl (C=O) groups is 2. The van der Waals surface area contributed by atoms with Gasteiger partial charge in [-0.3, -0.25) is 0 Å². The Kier molecular flexibility index (Phi) is 10.6. The molecular weight excluding hydrogens is 304 g/mol. The predicted molar refractivity (Wildman–Crippen MR) is 92.9 cm³/mol. The van der Waals surface area contributed by atoms with E-state index >= 15 is 0 Å². The van der Waals surface area contributed by atoms with Crippen LogP contribution in [0.15, 0.2) is 24.3 Å². The molecule has 4 nitrogen and oxygen atoms in total. The minimum Gasteiger partial charge on any atom is -0.545 e. The lowest BCUT2D eigenvalue weighted by molar-refractivity contribution is -0.255. The highest BCUT2D eigenvalue weighted by Crippen LogP contribution is 2.12. The van der Waals surface area contributed by atoms with Crippen LogP contribution in [0.5, 0.6) is 0 Å². The number of ether oxygens (including phenoxy) is 1. The van der Waals surface area contributed by atoms with Crippen LogP contribution in [0.25, 0.3) is 0 Å². The first-order chi connectivity index (χ1) is 11.7. The third-order valence-electron chi connectivity index (χ3n) is 4.10. The maximum atomic E-state index is 11.9. The third-order valence-corrected chi connectivity index (χ3v) is 4.10. The van der Waals surface area contributed by atoms with E-state index in [0.29, 0.717) is 6.61 Å². The van der Waals surface area contributed by atoms with Crippen molar-refractivity contribution in [2.75, 3.05) is 6.61 Å². The third kappa shape index (κ3) is 8.14. The van der Waals surface area contributed by atoms with Crippen molar-refractivity contribution in [3.63, 3.8) is 0 Å². The fourth-order valence-corrected chi connectivity index (χ4v) is 2.67. The van der Waals surface area contributed by atoms with Crippen LogP contribution in [-0.2, 0) is 4.74 Å². The van der Waals surface area contributed by atoms with Gasteiger partial charge in [-0.2, -0.15) is 0 Å². The number of benzene rings is 1. The monoisotopic (exact) mass is 333 g/mol. The predicted octanol–water partition coefficient (Wildman–Crippen LogP) is 4.13. The van der Waals surface area contributed by atoms with Crippen molar-refractivity contribution in [3.8, 4) is 0 Å². The quantitative estimate of drug-likeness (QED) is 0.402. The van der Waals surface area contributed by atoms with Gasteiger partial charge in [-0.25, -0.2) is 4.79 Å². The molecule has 1 rings (SSSR count). The van der Waals surface area contributed by atoms with Crippen LogP contribution in [0.4, 0.5) is 0 Å². The number of carboxylic acids is 1. The summed E-state index contributed by atoms with van der Waals surface area (Å²) in [7, 11) is 0. The summed E-state index contributed by atoms with van der Waals surface area (Å²) in [5, 5.41) is 11.0. The van der Waals surface area contributed by atoms with Crippen LogP contribution >= 0.6 is 0 Å². The van der Waals surface area contributed by atoms with Gasteiger partial charge in [-0.15, -0.1) is 0 Å². The second-order valence-corrected chi connectivity index (χ2v) is 6.15. The molecule has 0 N–H and O–H groups in total. The van der Waals surface area contributed by atoms with Gasteiger partial charge in [0.1, 0.15) is 0 Å². The molecule has 4 heteroatoms. The fraction of sp³-hybridized carbons (Fsp3) is 0.600. The number of unbranched alkanes of at least 4 members (excludes halogenated alkanes) is 9. The molecule has 0 aliphatic heterocycles. The van der Waals surface area contributed by atoms with Crippen LogP contribution in [-0.4, -0.2) is 18.5 Å². The molecule has 0 amide bonds. The van der Waals surface area contributed by atoms with E-state index < -0.39 is 11.9 Å². The lowest BCUT2D eigenvalue weighted by Crippen LogP contribution is -2.25. The first kappa shape index (κ1) is 20.2. The van der Waals surface area contributed by atoms with Gasteiger partial charge < -0.3 is 14.6 Å². The molecule has 0 fully saturated rings. The Balaban J connectivity index is 2.09. The van der Waals surface area contributed by atoms with Crippen molar-refractivity contribution in [1.29, 1.82) is 0 Å². The number of esters is 1. The zero-order valence-corrected chi connectivity index (χ0v) is 14.7. The topological polar surface area (TPSA) is 66.4 Å². The molecule has 134 valence electrons. The van der Waals surface area contributed by atoms with Gasteiger partial charge in [0.2, 0.25) is 0 Å². The molecule has 0 unspecified atom stereocenters. The maximum absolute atomic E-state index is 11.9. The van der Waals surface area contributed by atoms with Crippen LogP contribution in [0, 0.1) is 0 Å². The van der Waals surface area contributed by atoms with Crippen molar-refractivity contribution in [2.45, 2.75) is 71.1 Å². The van der Waals surface area contributed by atoms with E-state index in [4.69, 9.17) is 4.74 Å². The molecule has 1 aromatic rings. The van der Waals surface area contributed by atoms with Crippen LogP contribution < -0.4 is 5.11 Å². The summed E-state index contributed by atoms with van der Waals surface area (Å²) < 4.78 is 5.16. The molecule has 0 aliphatic carbocycles. The number of carbonyl (C=O) groups excluding carboxylic acids is 2. The van der Waals surface area contributed by atoms with Crippen molar-refractivity contribution >= 4 is 11.9 Å². The van der Waals surface area contributed by atoms with Gasteiger partial charge in [-0.05, 0) is 12.5 Å². The fourth-order valence-electron chi connectivity index (χ4n) is 2.67. The molecule has 0 radical (unpaired) electrons. The largest absolute Gasteiger partial charge is 0.545 e. The van der Waals surface area contributed by atoms with Gasteiger partial charge in [0.05, 0.1) is 18.1 Å². The van der Waals surface area contributed by atoms with Gasteiger partial charge in [0, 0.05) is 5.56 Å². The number of carboxylic acid groups (broad SMARTS) is 1. The maximum Gasteiger partial charge on any atom is 0.338 e. The highest BCUT2D eigenvalue weighted by atomic mass is 16.5. The Morgan fingerprint density at radius 1 is 0.833 bits per heavy atom. The minimum absolute atomic E-state index is 0.0598. The zero-order chi connectivity index (χ0) is 17.6. The van der Waals surface area contributed by atoms with Crippen molar-refractivity contribution < 1.29 is 19.4 Å². The lowest BCUT2D eigenvalue weighted by atomic mass is 10.1. The average molecular weight is 333 g/mol. The molecule has 0 atom stereocenters. The Morgan fingerprint density at radius 2 is 1.33 bits per heavy atom. The van der Waals surface area contributed by atoms with Gasteiger partial charge in [0.25, 0.3) is 0 Å². The summed E-state index contributed by atoms with van der Waals surface area (Å²) >= 11 is 0. The highest BCUT2D eigenvalue weighted by Gasteiger charge is 2.12. The Hall–Kier alpha value is -1.84. The van der Waals surface area contributed by atoms with Crippen LogP contribution in [0.3, 0.4) is 0 Å². The van der Waals surface area contributed by atoms with Crippen molar-refractivity contribution in [3.05, 3.63) is 35.4 Å². The number of hydrogen-bond donors (Lipinski definition) is 0. The molecule has 0 bridgehead atoms. The van der Waals surface area contributed by atoms with E-state index in [9.17, 15) is 14.7 Å². The summed E-state index contributed by atoms with van der Waals surface area (Å²) in [6.07, 6.45) is 12.1. The molecule has 0 aromatic heterocycles. The average Bonchev–Trinajstić information content (AvgIpc) is 2.59. The number of rotatable bonds is 13. The second kappa shape index (κ2) is 12.6. The van der Waals surface area contributed by atoms with E-state index in [-0.39, 0.29) is 11.1 Å². The van der Waals surface area contributed by atoms with Crippen molar-refractivity contribution in [1.82, 2.24) is 0 Å². The first-order valence-corrected chi connectivity index (χ1v) is 9.14. The van der Waals surface area contributed by atoms with Crippen LogP contribution in [0.1, 0.15) is 91.8 Å². The SMILES string of the molecule is CCCCCCCCCCCCOC(=O)c1ccccc1C(=O)[O-]. The first-order valence-electron chi connectivity index (χ1n) is 9.14. The van der Waals surface area contributed by atoms with E-state index in [1.807, 2.05) is 0 Å². The van der Waals surface area contributed by atoms with Gasteiger partial charge in [0.15, 0.2) is 0 Å². The summed E-state index contributed by atoms with van der Waals surface area (Å²) in [4.78, 5) is 22.9. The van der Waals surface area contributed by atoms with E-state index in [2.05, 4.69) is 6.92 Å². The smallest absolute Gasteiger partial charge is 0.338 e. The summed E-state index contributed by atoms with van der Waals surface area (Å²) in [5.74, 6) is -1.95. The molecule has 0 saturated heterocycles. The molecule has 1 aromatic carbocycles. The molecular formula is C20H29O4-.